The first kappa shape index (κ1) is 13.8. The molecule has 1 aliphatic heterocycles. The Morgan fingerprint density at radius 3 is 2.86 bits per heavy atom. The predicted octanol–water partition coefficient (Wildman–Crippen LogP) is 3.48. The zero-order chi connectivity index (χ0) is 14.4. The van der Waals surface area contributed by atoms with Crippen LogP contribution in [0.2, 0.25) is 0 Å². The van der Waals surface area contributed by atoms with Gasteiger partial charge in [0.05, 0.1) is 5.60 Å². The van der Waals surface area contributed by atoms with Crippen LogP contribution in [0, 0.1) is 0 Å². The number of β-amino-alcohol motifs (C(OH)–C–C–N with tert-alkyl or cyclic N) is 1. The van der Waals surface area contributed by atoms with Gasteiger partial charge >= 0.3 is 0 Å². The first-order valence-electron chi connectivity index (χ1n) is 8.71. The van der Waals surface area contributed by atoms with Crippen molar-refractivity contribution < 1.29 is 5.11 Å². The summed E-state index contributed by atoms with van der Waals surface area (Å²) in [5.41, 5.74) is 2.56. The van der Waals surface area contributed by atoms with Crippen molar-refractivity contribution in [3.8, 4) is 0 Å². The second-order valence-electron chi connectivity index (χ2n) is 7.67. The van der Waals surface area contributed by atoms with Crippen molar-refractivity contribution >= 4 is 0 Å². The fourth-order valence-electron chi connectivity index (χ4n) is 4.80. The number of benzene rings is 1. The Balaban J connectivity index is 1.51. The summed E-state index contributed by atoms with van der Waals surface area (Å²) in [4.78, 5) is 2.56. The molecule has 0 bridgehead atoms. The van der Waals surface area contributed by atoms with E-state index in [1.165, 1.54) is 43.2 Å². The average Bonchev–Trinajstić information content (AvgIpc) is 3.25. The van der Waals surface area contributed by atoms with Crippen LogP contribution in [0.4, 0.5) is 0 Å². The molecule has 3 unspecified atom stereocenters. The van der Waals surface area contributed by atoms with E-state index in [1.807, 2.05) is 0 Å². The minimum atomic E-state index is -0.461. The molecule has 1 N–H and O–H groups in total. The molecular formula is C19H27NO. The van der Waals surface area contributed by atoms with Crippen molar-refractivity contribution in [3.05, 3.63) is 35.4 Å². The molecule has 1 aromatic carbocycles. The van der Waals surface area contributed by atoms with E-state index in [0.29, 0.717) is 12.0 Å². The highest BCUT2D eigenvalue weighted by Gasteiger charge is 2.47. The molecule has 0 spiro atoms. The number of fused-ring (bicyclic) bond motifs is 1. The molecule has 1 saturated heterocycles. The fourth-order valence-corrected chi connectivity index (χ4v) is 4.80. The quantitative estimate of drug-likeness (QED) is 0.919. The third-order valence-corrected chi connectivity index (χ3v) is 5.85. The summed E-state index contributed by atoms with van der Waals surface area (Å²) in [5.74, 6) is 0.561. The van der Waals surface area contributed by atoms with E-state index in [-0.39, 0.29) is 0 Å². The van der Waals surface area contributed by atoms with Crippen LogP contribution in [0.25, 0.3) is 0 Å². The van der Waals surface area contributed by atoms with Gasteiger partial charge in [0.25, 0.3) is 0 Å². The molecule has 3 atom stereocenters. The van der Waals surface area contributed by atoms with E-state index < -0.39 is 5.60 Å². The molecule has 0 radical (unpaired) electrons. The van der Waals surface area contributed by atoms with Crippen LogP contribution in [0.3, 0.4) is 0 Å². The van der Waals surface area contributed by atoms with E-state index in [0.717, 1.165) is 25.4 Å². The highest BCUT2D eigenvalue weighted by Crippen LogP contribution is 2.43. The lowest BCUT2D eigenvalue weighted by Crippen LogP contribution is -2.36. The zero-order valence-corrected chi connectivity index (χ0v) is 13.1. The Hall–Kier alpha value is -0.860. The molecule has 2 nitrogen and oxygen atoms in total. The number of hydrogen-bond acceptors (Lipinski definition) is 2. The Bertz CT molecular complexity index is 524. The Morgan fingerprint density at radius 1 is 1.24 bits per heavy atom. The number of hydrogen-bond donors (Lipinski definition) is 1. The number of likely N-dealkylation sites (tertiary alicyclic amines) is 1. The minimum absolute atomic E-state index is 0.461. The van der Waals surface area contributed by atoms with Crippen LogP contribution in [-0.2, 0) is 6.42 Å². The first-order chi connectivity index (χ1) is 10.1. The van der Waals surface area contributed by atoms with Gasteiger partial charge in [-0.1, -0.05) is 24.3 Å². The van der Waals surface area contributed by atoms with Crippen molar-refractivity contribution in [2.45, 2.75) is 75.5 Å². The maximum atomic E-state index is 11.1. The summed E-state index contributed by atoms with van der Waals surface area (Å²) in [6, 6.07) is 10.2. The standard InChI is InChI=1S/C19H27NO/c1-14-11-19(21,13-20(14)17-9-10-17)12-16-7-4-6-15-5-2-3-8-18(15)16/h2-3,5,8,14,16-17,21H,4,6-7,9-13H2,1H3. The minimum Gasteiger partial charge on any atom is -0.388 e. The van der Waals surface area contributed by atoms with Gasteiger partial charge in [-0.15, -0.1) is 0 Å². The Kier molecular flexibility index (Phi) is 3.35. The van der Waals surface area contributed by atoms with Gasteiger partial charge in [0.15, 0.2) is 0 Å². The SMILES string of the molecule is CC1CC(O)(CC2CCCc3ccccc32)CN1C1CC1. The van der Waals surface area contributed by atoms with Crippen molar-refractivity contribution in [1.82, 2.24) is 4.90 Å². The van der Waals surface area contributed by atoms with E-state index in [9.17, 15) is 5.11 Å². The van der Waals surface area contributed by atoms with Gasteiger partial charge in [-0.2, -0.15) is 0 Å². The highest BCUT2D eigenvalue weighted by atomic mass is 16.3. The fraction of sp³-hybridized carbons (Fsp3) is 0.684. The van der Waals surface area contributed by atoms with Crippen molar-refractivity contribution in [1.29, 1.82) is 0 Å². The van der Waals surface area contributed by atoms with Gasteiger partial charge in [-0.3, -0.25) is 4.90 Å². The van der Waals surface area contributed by atoms with Gasteiger partial charge in [-0.05, 0) is 68.9 Å². The lowest BCUT2D eigenvalue weighted by atomic mass is 9.76. The van der Waals surface area contributed by atoms with Crippen molar-refractivity contribution in [2.75, 3.05) is 6.54 Å². The molecule has 1 aromatic rings. The zero-order valence-electron chi connectivity index (χ0n) is 13.1. The lowest BCUT2D eigenvalue weighted by molar-refractivity contribution is 0.0309. The summed E-state index contributed by atoms with van der Waals surface area (Å²) >= 11 is 0. The van der Waals surface area contributed by atoms with Crippen LogP contribution < -0.4 is 0 Å². The lowest BCUT2D eigenvalue weighted by Gasteiger charge is -2.32. The van der Waals surface area contributed by atoms with Crippen LogP contribution >= 0.6 is 0 Å². The summed E-state index contributed by atoms with van der Waals surface area (Å²) < 4.78 is 0. The number of aliphatic hydroxyl groups is 1. The van der Waals surface area contributed by atoms with Gasteiger partial charge in [0.2, 0.25) is 0 Å². The topological polar surface area (TPSA) is 23.5 Å². The predicted molar refractivity (Wildman–Crippen MR) is 85.5 cm³/mol. The molecule has 3 aliphatic rings. The number of nitrogens with zero attached hydrogens (tertiary/aromatic N) is 1. The summed E-state index contributed by atoms with van der Waals surface area (Å²) in [6.07, 6.45) is 8.34. The smallest absolute Gasteiger partial charge is 0.0794 e. The maximum absolute atomic E-state index is 11.1. The van der Waals surface area contributed by atoms with Gasteiger partial charge in [0, 0.05) is 18.6 Å². The summed E-state index contributed by atoms with van der Waals surface area (Å²) in [7, 11) is 0. The van der Waals surface area contributed by atoms with E-state index >= 15 is 0 Å². The summed E-state index contributed by atoms with van der Waals surface area (Å²) in [6.45, 7) is 3.20. The third-order valence-electron chi connectivity index (χ3n) is 5.85. The molecule has 2 heteroatoms. The van der Waals surface area contributed by atoms with Crippen molar-refractivity contribution in [2.24, 2.45) is 0 Å². The van der Waals surface area contributed by atoms with E-state index in [2.05, 4.69) is 36.1 Å². The molecule has 21 heavy (non-hydrogen) atoms. The molecule has 114 valence electrons. The maximum Gasteiger partial charge on any atom is 0.0794 e. The van der Waals surface area contributed by atoms with E-state index in [4.69, 9.17) is 0 Å². The second-order valence-corrected chi connectivity index (χ2v) is 7.67. The van der Waals surface area contributed by atoms with E-state index in [1.54, 1.807) is 0 Å². The molecule has 4 rings (SSSR count). The number of rotatable bonds is 3. The second kappa shape index (κ2) is 5.10. The monoisotopic (exact) mass is 285 g/mol. The first-order valence-corrected chi connectivity index (χ1v) is 8.71. The Labute approximate surface area is 128 Å². The summed E-state index contributed by atoms with van der Waals surface area (Å²) in [5, 5.41) is 11.1. The average molecular weight is 285 g/mol. The molecule has 0 aromatic heterocycles. The largest absolute Gasteiger partial charge is 0.388 e. The normalized spacial score (nSPS) is 36.7. The highest BCUT2D eigenvalue weighted by molar-refractivity contribution is 5.33. The molecule has 2 aliphatic carbocycles. The third kappa shape index (κ3) is 2.64. The molecule has 1 saturated carbocycles. The van der Waals surface area contributed by atoms with Gasteiger partial charge < -0.3 is 5.11 Å². The van der Waals surface area contributed by atoms with Crippen LogP contribution in [0.15, 0.2) is 24.3 Å². The van der Waals surface area contributed by atoms with Crippen LogP contribution in [0.5, 0.6) is 0 Å². The Morgan fingerprint density at radius 2 is 2.05 bits per heavy atom. The van der Waals surface area contributed by atoms with Gasteiger partial charge in [-0.25, -0.2) is 0 Å². The van der Waals surface area contributed by atoms with Crippen LogP contribution in [0.1, 0.15) is 62.5 Å². The van der Waals surface area contributed by atoms with Crippen LogP contribution in [-0.4, -0.2) is 34.2 Å². The number of aryl methyl sites for hydroxylation is 1. The molecule has 2 fully saturated rings. The van der Waals surface area contributed by atoms with Gasteiger partial charge in [0.1, 0.15) is 0 Å². The molecular weight excluding hydrogens is 258 g/mol. The van der Waals surface area contributed by atoms with Crippen molar-refractivity contribution in [3.63, 3.8) is 0 Å². The molecule has 1 heterocycles. The molecule has 0 amide bonds.